The molecule has 0 bridgehead atoms. The van der Waals surface area contributed by atoms with Crippen molar-refractivity contribution in [2.75, 3.05) is 6.61 Å². The first-order valence-corrected chi connectivity index (χ1v) is 12.0. The van der Waals surface area contributed by atoms with Crippen molar-refractivity contribution in [3.05, 3.63) is 29.8 Å². The number of rotatable bonds is 18. The molecule has 0 aliphatic carbocycles. The molecule has 6 nitrogen and oxygen atoms in total. The summed E-state index contributed by atoms with van der Waals surface area (Å²) < 4.78 is 23.8. The summed E-state index contributed by atoms with van der Waals surface area (Å²) in [6, 6.07) is 5.99. The molecule has 1 N–H and O–H groups in total. The lowest BCUT2D eigenvalue weighted by atomic mass is 10.2. The molecule has 1 rings (SSSR count). The van der Waals surface area contributed by atoms with E-state index in [9.17, 15) is 9.90 Å². The van der Waals surface area contributed by atoms with Gasteiger partial charge in [-0.2, -0.15) is 0 Å². The molecule has 0 fully saturated rings. The Balaban J connectivity index is 2.67. The van der Waals surface area contributed by atoms with Crippen LogP contribution < -0.4 is 0 Å². The standard InChI is InChI=1S/C25H42O6/c1-5-9-10-11-19-28-22(12-6-2)29-23(13-7-3)30-24(14-8-4)31-25(27)20-15-17-21(26)18-16-20/h15-18,22-24,26H,5-14,19H2,1-4H3. The van der Waals surface area contributed by atoms with Crippen LogP contribution >= 0.6 is 0 Å². The van der Waals surface area contributed by atoms with E-state index in [2.05, 4.69) is 20.8 Å². The number of hydrogen-bond acceptors (Lipinski definition) is 6. The van der Waals surface area contributed by atoms with Gasteiger partial charge in [-0.15, -0.1) is 0 Å². The largest absolute Gasteiger partial charge is 0.508 e. The SMILES string of the molecule is CCCCCCOC(CCC)OC(CCC)OC(CCC)OC(=O)c1ccc(O)cc1. The van der Waals surface area contributed by atoms with Gasteiger partial charge < -0.3 is 24.1 Å². The zero-order valence-corrected chi connectivity index (χ0v) is 19.8. The Labute approximate surface area is 188 Å². The van der Waals surface area contributed by atoms with E-state index in [4.69, 9.17) is 18.9 Å². The average Bonchev–Trinajstić information content (AvgIpc) is 2.74. The van der Waals surface area contributed by atoms with Crippen molar-refractivity contribution in [3.63, 3.8) is 0 Å². The summed E-state index contributed by atoms with van der Waals surface area (Å²) in [5, 5.41) is 9.41. The Kier molecular flexibility index (Phi) is 15.0. The fourth-order valence-corrected chi connectivity index (χ4v) is 3.09. The Hall–Kier alpha value is -1.63. The van der Waals surface area contributed by atoms with Crippen molar-refractivity contribution < 1.29 is 28.8 Å². The van der Waals surface area contributed by atoms with Gasteiger partial charge in [0.1, 0.15) is 5.75 Å². The minimum atomic E-state index is -0.699. The summed E-state index contributed by atoms with van der Waals surface area (Å²) in [6.07, 6.45) is 7.78. The van der Waals surface area contributed by atoms with Gasteiger partial charge >= 0.3 is 5.97 Å². The maximum absolute atomic E-state index is 12.5. The number of benzene rings is 1. The van der Waals surface area contributed by atoms with Gasteiger partial charge in [-0.1, -0.05) is 66.2 Å². The molecule has 0 aliphatic heterocycles. The first-order chi connectivity index (χ1) is 15.0. The third-order valence-electron chi connectivity index (χ3n) is 4.82. The highest BCUT2D eigenvalue weighted by Crippen LogP contribution is 2.19. The van der Waals surface area contributed by atoms with Crippen LogP contribution in [0.2, 0.25) is 0 Å². The lowest BCUT2D eigenvalue weighted by Gasteiger charge is -2.28. The molecule has 31 heavy (non-hydrogen) atoms. The zero-order chi connectivity index (χ0) is 22.9. The molecule has 3 unspecified atom stereocenters. The van der Waals surface area contributed by atoms with Gasteiger partial charge in [-0.3, -0.25) is 0 Å². The Morgan fingerprint density at radius 2 is 1.35 bits per heavy atom. The number of carbonyl (C=O) groups excluding carboxylic acids is 1. The van der Waals surface area contributed by atoms with Crippen molar-refractivity contribution in [3.8, 4) is 5.75 Å². The van der Waals surface area contributed by atoms with Gasteiger partial charge in [0.15, 0.2) is 12.6 Å². The smallest absolute Gasteiger partial charge is 0.340 e. The summed E-state index contributed by atoms with van der Waals surface area (Å²) in [5.41, 5.74) is 0.370. The molecule has 0 saturated heterocycles. The molecule has 1 aromatic carbocycles. The van der Waals surface area contributed by atoms with Crippen LogP contribution in [-0.4, -0.2) is 36.6 Å². The first kappa shape index (κ1) is 27.4. The van der Waals surface area contributed by atoms with Crippen LogP contribution in [0.15, 0.2) is 24.3 Å². The number of aromatic hydroxyl groups is 1. The Morgan fingerprint density at radius 3 is 1.97 bits per heavy atom. The average molecular weight is 439 g/mol. The van der Waals surface area contributed by atoms with E-state index in [-0.39, 0.29) is 12.0 Å². The maximum Gasteiger partial charge on any atom is 0.340 e. The molecule has 3 atom stereocenters. The third-order valence-corrected chi connectivity index (χ3v) is 4.82. The molecule has 0 aliphatic rings. The molecule has 0 heterocycles. The minimum Gasteiger partial charge on any atom is -0.508 e. The minimum absolute atomic E-state index is 0.103. The van der Waals surface area contributed by atoms with E-state index in [0.29, 0.717) is 25.0 Å². The van der Waals surface area contributed by atoms with Crippen molar-refractivity contribution in [1.82, 2.24) is 0 Å². The van der Waals surface area contributed by atoms with Crippen molar-refractivity contribution in [1.29, 1.82) is 0 Å². The topological polar surface area (TPSA) is 74.2 Å². The highest BCUT2D eigenvalue weighted by atomic mass is 16.8. The number of hydrogen-bond donors (Lipinski definition) is 1. The molecule has 1 aromatic rings. The second kappa shape index (κ2) is 17.0. The highest BCUT2D eigenvalue weighted by Gasteiger charge is 2.23. The molecule has 6 heteroatoms. The van der Waals surface area contributed by atoms with Gasteiger partial charge in [0.05, 0.1) is 5.56 Å². The lowest BCUT2D eigenvalue weighted by molar-refractivity contribution is -0.288. The number of esters is 1. The van der Waals surface area contributed by atoms with Gasteiger partial charge in [0.2, 0.25) is 6.29 Å². The molecule has 0 aromatic heterocycles. The van der Waals surface area contributed by atoms with E-state index < -0.39 is 18.5 Å². The molecule has 0 spiro atoms. The molecular weight excluding hydrogens is 396 g/mol. The number of phenols is 1. The van der Waals surface area contributed by atoms with Crippen LogP contribution in [0, 0.1) is 0 Å². The van der Waals surface area contributed by atoms with Gasteiger partial charge in [0, 0.05) is 13.0 Å². The predicted octanol–water partition coefficient (Wildman–Crippen LogP) is 6.56. The van der Waals surface area contributed by atoms with Crippen molar-refractivity contribution in [2.45, 2.75) is 111 Å². The van der Waals surface area contributed by atoms with Crippen LogP contribution in [0.3, 0.4) is 0 Å². The van der Waals surface area contributed by atoms with E-state index >= 15 is 0 Å². The maximum atomic E-state index is 12.5. The van der Waals surface area contributed by atoms with Gasteiger partial charge in [-0.05, 0) is 43.5 Å². The van der Waals surface area contributed by atoms with Crippen LogP contribution in [-0.2, 0) is 18.9 Å². The molecule has 0 amide bonds. The van der Waals surface area contributed by atoms with Crippen molar-refractivity contribution in [2.24, 2.45) is 0 Å². The Morgan fingerprint density at radius 1 is 0.774 bits per heavy atom. The summed E-state index contributed by atoms with van der Waals surface area (Å²) in [5.74, 6) is -0.378. The second-order valence-corrected chi connectivity index (χ2v) is 7.81. The normalized spacial score (nSPS) is 14.2. The fraction of sp³-hybridized carbons (Fsp3) is 0.720. The molecule has 178 valence electrons. The van der Waals surface area contributed by atoms with Crippen molar-refractivity contribution >= 4 is 5.97 Å². The summed E-state index contributed by atoms with van der Waals surface area (Å²) in [6.45, 7) is 9.05. The summed E-state index contributed by atoms with van der Waals surface area (Å²) >= 11 is 0. The van der Waals surface area contributed by atoms with E-state index in [1.165, 1.54) is 37.1 Å². The summed E-state index contributed by atoms with van der Waals surface area (Å²) in [4.78, 5) is 12.5. The molecule has 0 radical (unpaired) electrons. The van der Waals surface area contributed by atoms with Crippen LogP contribution in [0.5, 0.6) is 5.75 Å². The fourth-order valence-electron chi connectivity index (χ4n) is 3.09. The predicted molar refractivity (Wildman–Crippen MR) is 122 cm³/mol. The molecular formula is C25H42O6. The van der Waals surface area contributed by atoms with Gasteiger partial charge in [0.25, 0.3) is 0 Å². The number of carbonyl (C=O) groups is 1. The quantitative estimate of drug-likeness (QED) is 0.159. The van der Waals surface area contributed by atoms with Crippen LogP contribution in [0.25, 0.3) is 0 Å². The number of phenolic OH excluding ortho intramolecular Hbond substituents is 1. The lowest BCUT2D eigenvalue weighted by Crippen LogP contribution is -2.33. The van der Waals surface area contributed by atoms with E-state index in [1.54, 1.807) is 0 Å². The van der Waals surface area contributed by atoms with Gasteiger partial charge in [-0.25, -0.2) is 4.79 Å². The molecule has 0 saturated carbocycles. The number of unbranched alkanes of at least 4 members (excludes halogenated alkanes) is 3. The highest BCUT2D eigenvalue weighted by molar-refractivity contribution is 5.89. The van der Waals surface area contributed by atoms with Crippen LogP contribution in [0.4, 0.5) is 0 Å². The Bertz CT molecular complexity index is 574. The van der Waals surface area contributed by atoms with E-state index in [1.807, 2.05) is 6.92 Å². The van der Waals surface area contributed by atoms with E-state index in [0.717, 1.165) is 38.5 Å². The van der Waals surface area contributed by atoms with Crippen LogP contribution in [0.1, 0.15) is 102 Å². The third kappa shape index (κ3) is 12.1. The second-order valence-electron chi connectivity index (χ2n) is 7.81. The monoisotopic (exact) mass is 438 g/mol. The summed E-state index contributed by atoms with van der Waals surface area (Å²) in [7, 11) is 0. The first-order valence-electron chi connectivity index (χ1n) is 12.0. The zero-order valence-electron chi connectivity index (χ0n) is 19.8. The number of ether oxygens (including phenoxy) is 4.